The van der Waals surface area contributed by atoms with Crippen LogP contribution >= 0.6 is 11.6 Å². The summed E-state index contributed by atoms with van der Waals surface area (Å²) in [6.07, 6.45) is 2.03. The lowest BCUT2D eigenvalue weighted by Gasteiger charge is -1.97. The zero-order chi connectivity index (χ0) is 8.81. The lowest BCUT2D eigenvalue weighted by molar-refractivity contribution is -0.104. The molecule has 1 aromatic carbocycles. The molecule has 0 aliphatic rings. The largest absolute Gasteiger partial charge is 0.360 e. The van der Waals surface area contributed by atoms with Crippen molar-refractivity contribution in [3.8, 4) is 0 Å². The van der Waals surface area contributed by atoms with Gasteiger partial charge in [-0.15, -0.1) is 0 Å². The smallest absolute Gasteiger partial charge is 0.162 e. The van der Waals surface area contributed by atoms with Gasteiger partial charge in [0.2, 0.25) is 0 Å². The summed E-state index contributed by atoms with van der Waals surface area (Å²) in [5.74, 6) is 0. The fraction of sp³-hybridized carbons (Fsp3) is 0. The molecule has 0 aromatic heterocycles. The van der Waals surface area contributed by atoms with Crippen LogP contribution in [0, 0.1) is 0 Å². The van der Waals surface area contributed by atoms with Gasteiger partial charge in [-0.1, -0.05) is 29.8 Å². The molecular formula is C9H8ClNO. The maximum Gasteiger partial charge on any atom is 0.162 e. The standard InChI is InChI=1S/C9H8ClNO/c10-8(7-12)6-11-9-4-2-1-3-5-9/h1-7,11H/b8-6-. The number of hydrogen-bond donors (Lipinski definition) is 1. The zero-order valence-electron chi connectivity index (χ0n) is 6.33. The molecule has 0 radical (unpaired) electrons. The van der Waals surface area contributed by atoms with Gasteiger partial charge in [0.1, 0.15) is 0 Å². The Bertz CT molecular complexity index is 282. The lowest BCUT2D eigenvalue weighted by Crippen LogP contribution is -1.88. The van der Waals surface area contributed by atoms with Gasteiger partial charge < -0.3 is 5.32 Å². The van der Waals surface area contributed by atoms with E-state index in [1.165, 1.54) is 6.20 Å². The second-order valence-electron chi connectivity index (χ2n) is 2.16. The number of allylic oxidation sites excluding steroid dienone is 1. The van der Waals surface area contributed by atoms with Crippen LogP contribution in [0.3, 0.4) is 0 Å². The number of aldehydes is 1. The van der Waals surface area contributed by atoms with Crippen LogP contribution in [-0.2, 0) is 4.79 Å². The summed E-state index contributed by atoms with van der Waals surface area (Å²) in [5, 5.41) is 3.02. The number of benzene rings is 1. The first-order chi connectivity index (χ1) is 5.83. The Labute approximate surface area is 75.9 Å². The first-order valence-electron chi connectivity index (χ1n) is 3.45. The Kier molecular flexibility index (Phi) is 3.35. The van der Waals surface area contributed by atoms with Crippen LogP contribution in [0.1, 0.15) is 0 Å². The number of carbonyl (C=O) groups excluding carboxylic acids is 1. The third-order valence-corrected chi connectivity index (χ3v) is 1.46. The monoisotopic (exact) mass is 181 g/mol. The zero-order valence-corrected chi connectivity index (χ0v) is 7.08. The molecule has 1 N–H and O–H groups in total. The highest BCUT2D eigenvalue weighted by molar-refractivity contribution is 6.38. The number of carbonyl (C=O) groups is 1. The molecule has 0 heterocycles. The molecule has 0 atom stereocenters. The third-order valence-electron chi connectivity index (χ3n) is 1.26. The van der Waals surface area contributed by atoms with Gasteiger partial charge in [-0.25, -0.2) is 0 Å². The van der Waals surface area contributed by atoms with Crippen molar-refractivity contribution in [2.24, 2.45) is 0 Å². The van der Waals surface area contributed by atoms with E-state index in [0.29, 0.717) is 6.29 Å². The summed E-state index contributed by atoms with van der Waals surface area (Å²) < 4.78 is 0. The molecule has 1 aromatic rings. The van der Waals surface area contributed by atoms with Crippen LogP contribution in [0.4, 0.5) is 5.69 Å². The van der Waals surface area contributed by atoms with Gasteiger partial charge in [0.05, 0.1) is 5.03 Å². The van der Waals surface area contributed by atoms with E-state index < -0.39 is 0 Å². The van der Waals surface area contributed by atoms with Gasteiger partial charge in [0.15, 0.2) is 6.29 Å². The van der Waals surface area contributed by atoms with Crippen LogP contribution in [0.25, 0.3) is 0 Å². The molecule has 0 amide bonds. The summed E-state index contributed by atoms with van der Waals surface area (Å²) in [6, 6.07) is 9.46. The Morgan fingerprint density at radius 3 is 2.58 bits per heavy atom. The molecule has 0 aliphatic heterocycles. The molecule has 0 fully saturated rings. The number of para-hydroxylation sites is 1. The molecule has 0 aliphatic carbocycles. The minimum absolute atomic E-state index is 0.152. The molecular weight excluding hydrogens is 174 g/mol. The van der Waals surface area contributed by atoms with Gasteiger partial charge in [-0.3, -0.25) is 4.79 Å². The maximum atomic E-state index is 10.1. The van der Waals surface area contributed by atoms with Crippen LogP contribution in [0.2, 0.25) is 0 Å². The highest BCUT2D eigenvalue weighted by Crippen LogP contribution is 2.06. The normalized spacial score (nSPS) is 10.9. The van der Waals surface area contributed by atoms with E-state index in [-0.39, 0.29) is 5.03 Å². The van der Waals surface area contributed by atoms with Crippen LogP contribution in [-0.4, -0.2) is 6.29 Å². The van der Waals surface area contributed by atoms with E-state index >= 15 is 0 Å². The van der Waals surface area contributed by atoms with Crippen molar-refractivity contribution in [1.82, 2.24) is 0 Å². The van der Waals surface area contributed by atoms with Crippen LogP contribution in [0.5, 0.6) is 0 Å². The number of halogens is 1. The molecule has 2 nitrogen and oxygen atoms in total. The minimum Gasteiger partial charge on any atom is -0.360 e. The number of rotatable bonds is 3. The van der Waals surface area contributed by atoms with Crippen molar-refractivity contribution in [3.63, 3.8) is 0 Å². The van der Waals surface area contributed by atoms with Gasteiger partial charge in [0.25, 0.3) is 0 Å². The molecule has 62 valence electrons. The van der Waals surface area contributed by atoms with Gasteiger partial charge in [-0.2, -0.15) is 0 Å². The Balaban J connectivity index is 2.60. The van der Waals surface area contributed by atoms with E-state index in [0.717, 1.165) is 5.69 Å². The fourth-order valence-corrected chi connectivity index (χ4v) is 0.775. The van der Waals surface area contributed by atoms with Gasteiger partial charge in [0, 0.05) is 11.9 Å². The summed E-state index contributed by atoms with van der Waals surface area (Å²) >= 11 is 5.45. The quantitative estimate of drug-likeness (QED) is 0.573. The topological polar surface area (TPSA) is 29.1 Å². The fourth-order valence-electron chi connectivity index (χ4n) is 0.721. The summed E-state index contributed by atoms with van der Waals surface area (Å²) in [4.78, 5) is 10.1. The molecule has 0 saturated heterocycles. The first-order valence-corrected chi connectivity index (χ1v) is 3.83. The SMILES string of the molecule is O=C/C(Cl)=C/Nc1ccccc1. The van der Waals surface area contributed by atoms with Crippen LogP contribution < -0.4 is 5.32 Å². The van der Waals surface area contributed by atoms with Crippen molar-refractivity contribution < 1.29 is 4.79 Å². The predicted octanol–water partition coefficient (Wildman–Crippen LogP) is 2.38. The van der Waals surface area contributed by atoms with Crippen molar-refractivity contribution in [3.05, 3.63) is 41.6 Å². The Morgan fingerprint density at radius 2 is 2.00 bits per heavy atom. The molecule has 12 heavy (non-hydrogen) atoms. The second-order valence-corrected chi connectivity index (χ2v) is 2.59. The predicted molar refractivity (Wildman–Crippen MR) is 50.1 cm³/mol. The van der Waals surface area contributed by atoms with Crippen molar-refractivity contribution in [2.45, 2.75) is 0 Å². The van der Waals surface area contributed by atoms with E-state index in [1.807, 2.05) is 30.3 Å². The summed E-state index contributed by atoms with van der Waals surface area (Å²) in [7, 11) is 0. The highest BCUT2D eigenvalue weighted by Gasteiger charge is 1.87. The van der Waals surface area contributed by atoms with E-state index in [1.54, 1.807) is 0 Å². The second kappa shape index (κ2) is 4.57. The molecule has 0 bridgehead atoms. The third kappa shape index (κ3) is 2.76. The molecule has 1 rings (SSSR count). The lowest BCUT2D eigenvalue weighted by atomic mass is 10.3. The first kappa shape index (κ1) is 8.81. The van der Waals surface area contributed by atoms with Gasteiger partial charge >= 0.3 is 0 Å². The molecule has 3 heteroatoms. The van der Waals surface area contributed by atoms with Gasteiger partial charge in [-0.05, 0) is 12.1 Å². The van der Waals surface area contributed by atoms with Crippen molar-refractivity contribution in [2.75, 3.05) is 5.32 Å². The molecule has 0 unspecified atom stereocenters. The highest BCUT2D eigenvalue weighted by atomic mass is 35.5. The number of nitrogens with one attached hydrogen (secondary N) is 1. The minimum atomic E-state index is 0.152. The van der Waals surface area contributed by atoms with E-state index in [4.69, 9.17) is 11.6 Å². The van der Waals surface area contributed by atoms with Crippen molar-refractivity contribution >= 4 is 23.6 Å². The number of anilines is 1. The average Bonchev–Trinajstić information content (AvgIpc) is 2.16. The van der Waals surface area contributed by atoms with Crippen molar-refractivity contribution in [1.29, 1.82) is 0 Å². The maximum absolute atomic E-state index is 10.1. The van der Waals surface area contributed by atoms with Crippen LogP contribution in [0.15, 0.2) is 41.6 Å². The summed E-state index contributed by atoms with van der Waals surface area (Å²) in [5.41, 5.74) is 0.900. The molecule has 0 spiro atoms. The van der Waals surface area contributed by atoms with E-state index in [9.17, 15) is 4.79 Å². The summed E-state index contributed by atoms with van der Waals surface area (Å²) in [6.45, 7) is 0. The Morgan fingerprint density at radius 1 is 1.33 bits per heavy atom. The Hall–Kier alpha value is -1.28. The number of hydrogen-bond acceptors (Lipinski definition) is 2. The molecule has 0 saturated carbocycles. The average molecular weight is 182 g/mol. The van der Waals surface area contributed by atoms with E-state index in [2.05, 4.69) is 5.32 Å².